The fourth-order valence-corrected chi connectivity index (χ4v) is 4.20. The molecule has 1 unspecified atom stereocenters. The molecule has 0 radical (unpaired) electrons. The minimum Gasteiger partial charge on any atom is -0.322 e. The van der Waals surface area contributed by atoms with Crippen LogP contribution in [-0.2, 0) is 4.79 Å². The van der Waals surface area contributed by atoms with E-state index in [1.165, 1.54) is 35.5 Å². The second-order valence-corrected chi connectivity index (χ2v) is 7.02. The molecule has 20 heavy (non-hydrogen) atoms. The Morgan fingerprint density at radius 3 is 2.65 bits per heavy atom. The second-order valence-electron chi connectivity index (χ2n) is 5.80. The molecule has 1 aromatic carbocycles. The van der Waals surface area contributed by atoms with Gasteiger partial charge in [-0.2, -0.15) is 11.8 Å². The van der Waals surface area contributed by atoms with Crippen molar-refractivity contribution in [2.24, 2.45) is 5.92 Å². The third-order valence-corrected chi connectivity index (χ3v) is 5.32. The van der Waals surface area contributed by atoms with Crippen molar-refractivity contribution in [1.82, 2.24) is 10.2 Å². The normalized spacial score (nSPS) is 24.4. The molecule has 2 fully saturated rings. The predicted molar refractivity (Wildman–Crippen MR) is 83.7 cm³/mol. The predicted octanol–water partition coefficient (Wildman–Crippen LogP) is 2.57. The van der Waals surface area contributed by atoms with Crippen LogP contribution in [0.15, 0.2) is 24.3 Å². The molecule has 3 rings (SSSR count). The molecular weight excluding hydrogens is 268 g/mol. The van der Waals surface area contributed by atoms with Crippen molar-refractivity contribution in [1.29, 1.82) is 0 Å². The lowest BCUT2D eigenvalue weighted by atomic mass is 10.0. The van der Waals surface area contributed by atoms with Gasteiger partial charge in [0, 0.05) is 6.54 Å². The van der Waals surface area contributed by atoms with Crippen molar-refractivity contribution in [3.8, 4) is 0 Å². The first kappa shape index (κ1) is 14.0. The van der Waals surface area contributed by atoms with Gasteiger partial charge < -0.3 is 4.90 Å². The highest BCUT2D eigenvalue weighted by Crippen LogP contribution is 2.28. The fourth-order valence-electron chi connectivity index (χ4n) is 3.00. The Bertz CT molecular complexity index is 468. The molecule has 1 atom stereocenters. The number of amides is 1. The van der Waals surface area contributed by atoms with Gasteiger partial charge in [0.15, 0.2) is 0 Å². The van der Waals surface area contributed by atoms with E-state index in [-0.39, 0.29) is 12.1 Å². The van der Waals surface area contributed by atoms with Crippen LogP contribution < -0.4 is 5.32 Å². The Hall–Kier alpha value is -1.00. The lowest BCUT2D eigenvalue weighted by molar-refractivity contribution is -0.128. The zero-order chi connectivity index (χ0) is 13.9. The first-order chi connectivity index (χ1) is 9.74. The van der Waals surface area contributed by atoms with Gasteiger partial charge >= 0.3 is 0 Å². The van der Waals surface area contributed by atoms with E-state index in [0.717, 1.165) is 6.54 Å². The highest BCUT2D eigenvalue weighted by Gasteiger charge is 2.33. The molecule has 2 aliphatic rings. The van der Waals surface area contributed by atoms with Crippen LogP contribution in [0.3, 0.4) is 0 Å². The first-order valence-electron chi connectivity index (χ1n) is 7.41. The van der Waals surface area contributed by atoms with Crippen LogP contribution in [0.2, 0.25) is 0 Å². The zero-order valence-corrected chi connectivity index (χ0v) is 12.8. The molecule has 0 spiro atoms. The van der Waals surface area contributed by atoms with Crippen LogP contribution in [0.25, 0.3) is 0 Å². The molecule has 0 aliphatic carbocycles. The van der Waals surface area contributed by atoms with Gasteiger partial charge in [-0.05, 0) is 42.8 Å². The average molecular weight is 290 g/mol. The van der Waals surface area contributed by atoms with Crippen molar-refractivity contribution >= 4 is 17.7 Å². The highest BCUT2D eigenvalue weighted by atomic mass is 32.2. The van der Waals surface area contributed by atoms with Crippen molar-refractivity contribution in [3.63, 3.8) is 0 Å². The van der Waals surface area contributed by atoms with Crippen LogP contribution in [0, 0.1) is 12.8 Å². The van der Waals surface area contributed by atoms with E-state index in [1.807, 2.05) is 16.7 Å². The number of thioether (sulfide) groups is 1. The lowest BCUT2D eigenvalue weighted by Crippen LogP contribution is -2.35. The molecule has 2 aliphatic heterocycles. The summed E-state index contributed by atoms with van der Waals surface area (Å²) in [6.07, 6.45) is 2.56. The molecule has 0 bridgehead atoms. The summed E-state index contributed by atoms with van der Waals surface area (Å²) < 4.78 is 0. The third-order valence-electron chi connectivity index (χ3n) is 4.27. The molecular formula is C16H22N2OS. The van der Waals surface area contributed by atoms with Crippen LogP contribution in [0.4, 0.5) is 0 Å². The quantitative estimate of drug-likeness (QED) is 0.928. The number of carbonyl (C=O) groups is 1. The van der Waals surface area contributed by atoms with Crippen LogP contribution >= 0.6 is 11.8 Å². The maximum Gasteiger partial charge on any atom is 0.238 e. The van der Waals surface area contributed by atoms with Gasteiger partial charge in [0.25, 0.3) is 0 Å². The van der Waals surface area contributed by atoms with E-state index >= 15 is 0 Å². The fraction of sp³-hybridized carbons (Fsp3) is 0.562. The third kappa shape index (κ3) is 3.01. The number of aryl methyl sites for hydroxylation is 1. The number of rotatable bonds is 3. The zero-order valence-electron chi connectivity index (χ0n) is 12.0. The van der Waals surface area contributed by atoms with Gasteiger partial charge in [-0.25, -0.2) is 0 Å². The minimum atomic E-state index is 0.0673. The summed E-state index contributed by atoms with van der Waals surface area (Å²) in [5.74, 6) is 3.41. The summed E-state index contributed by atoms with van der Waals surface area (Å²) >= 11 is 2.04. The Labute approximate surface area is 125 Å². The van der Waals surface area contributed by atoms with Gasteiger partial charge in [-0.1, -0.05) is 29.8 Å². The summed E-state index contributed by atoms with van der Waals surface area (Å²) in [7, 11) is 0. The highest BCUT2D eigenvalue weighted by molar-refractivity contribution is 7.99. The van der Waals surface area contributed by atoms with E-state index in [1.54, 1.807) is 0 Å². The summed E-state index contributed by atoms with van der Waals surface area (Å²) in [6, 6.07) is 8.51. The summed E-state index contributed by atoms with van der Waals surface area (Å²) in [6.45, 7) is 3.47. The minimum absolute atomic E-state index is 0.0673. The van der Waals surface area contributed by atoms with Crippen molar-refractivity contribution in [2.75, 3.05) is 24.6 Å². The lowest BCUT2D eigenvalue weighted by Gasteiger charge is -2.30. The van der Waals surface area contributed by atoms with Gasteiger partial charge in [-0.15, -0.1) is 0 Å². The molecule has 0 saturated carbocycles. The molecule has 1 amide bonds. The van der Waals surface area contributed by atoms with Gasteiger partial charge in [0.05, 0.1) is 6.54 Å². The summed E-state index contributed by atoms with van der Waals surface area (Å²) in [5, 5.41) is 3.35. The molecule has 3 nitrogen and oxygen atoms in total. The number of hydrogen-bond acceptors (Lipinski definition) is 3. The molecule has 0 aromatic heterocycles. The topological polar surface area (TPSA) is 32.3 Å². The second kappa shape index (κ2) is 6.19. The van der Waals surface area contributed by atoms with Crippen LogP contribution in [0.1, 0.15) is 30.1 Å². The monoisotopic (exact) mass is 290 g/mol. The number of hydrogen-bond donors (Lipinski definition) is 1. The molecule has 2 heterocycles. The van der Waals surface area contributed by atoms with E-state index in [2.05, 4.69) is 36.5 Å². The number of nitrogens with one attached hydrogen (secondary N) is 1. The van der Waals surface area contributed by atoms with Crippen molar-refractivity contribution < 1.29 is 4.79 Å². The van der Waals surface area contributed by atoms with E-state index < -0.39 is 0 Å². The van der Waals surface area contributed by atoms with Gasteiger partial charge in [-0.3, -0.25) is 10.1 Å². The standard InChI is InChI=1S/C16H22N2OS/c1-12-2-4-14(5-3-12)16-17-10-15(19)18(16)11-13-6-8-20-9-7-13/h2-5,13,16-17H,6-11H2,1H3. The molecule has 1 aromatic rings. The maximum atomic E-state index is 12.2. The number of carbonyl (C=O) groups excluding carboxylic acids is 1. The van der Waals surface area contributed by atoms with Crippen molar-refractivity contribution in [2.45, 2.75) is 25.9 Å². The average Bonchev–Trinajstić information content (AvgIpc) is 2.83. The van der Waals surface area contributed by atoms with Gasteiger partial charge in [0.2, 0.25) is 5.91 Å². The number of nitrogens with zero attached hydrogens (tertiary/aromatic N) is 1. The summed E-state index contributed by atoms with van der Waals surface area (Å²) in [5.41, 5.74) is 2.46. The maximum absolute atomic E-state index is 12.2. The largest absolute Gasteiger partial charge is 0.322 e. The molecule has 1 N–H and O–H groups in total. The van der Waals surface area contributed by atoms with Gasteiger partial charge in [0.1, 0.15) is 6.17 Å². The molecule has 108 valence electrons. The Morgan fingerprint density at radius 1 is 1.25 bits per heavy atom. The van der Waals surface area contributed by atoms with E-state index in [0.29, 0.717) is 12.5 Å². The Kier molecular flexibility index (Phi) is 4.32. The van der Waals surface area contributed by atoms with Crippen molar-refractivity contribution in [3.05, 3.63) is 35.4 Å². The van der Waals surface area contributed by atoms with Crippen LogP contribution in [-0.4, -0.2) is 35.4 Å². The van der Waals surface area contributed by atoms with E-state index in [4.69, 9.17) is 0 Å². The SMILES string of the molecule is Cc1ccc(C2NCC(=O)N2CC2CCSCC2)cc1. The Morgan fingerprint density at radius 2 is 1.95 bits per heavy atom. The van der Waals surface area contributed by atoms with Crippen LogP contribution in [0.5, 0.6) is 0 Å². The Balaban J connectivity index is 1.72. The van der Waals surface area contributed by atoms with E-state index in [9.17, 15) is 4.79 Å². The molecule has 2 saturated heterocycles. The number of benzene rings is 1. The molecule has 4 heteroatoms. The summed E-state index contributed by atoms with van der Waals surface area (Å²) in [4.78, 5) is 14.2. The smallest absolute Gasteiger partial charge is 0.238 e. The first-order valence-corrected chi connectivity index (χ1v) is 8.56.